The van der Waals surface area contributed by atoms with Crippen LogP contribution >= 0.6 is 0 Å². The van der Waals surface area contributed by atoms with E-state index in [2.05, 4.69) is 4.74 Å². The molecule has 4 nitrogen and oxygen atoms in total. The summed E-state index contributed by atoms with van der Waals surface area (Å²) in [4.78, 5) is 9.90. The van der Waals surface area contributed by atoms with Crippen LogP contribution in [0.1, 0.15) is 12.8 Å². The average Bonchev–Trinajstić information content (AvgIpc) is 2.42. The van der Waals surface area contributed by atoms with Crippen molar-refractivity contribution in [2.24, 2.45) is 0 Å². The fourth-order valence-electron chi connectivity index (χ4n) is 0.610. The van der Waals surface area contributed by atoms with Gasteiger partial charge in [0.05, 0.1) is 0 Å². The first-order valence-corrected chi connectivity index (χ1v) is 2.75. The van der Waals surface area contributed by atoms with Crippen molar-refractivity contribution in [3.8, 4) is 0 Å². The molecule has 0 bridgehead atoms. The van der Waals surface area contributed by atoms with Crippen LogP contribution in [-0.4, -0.2) is 28.6 Å². The van der Waals surface area contributed by atoms with Crippen LogP contribution in [0.15, 0.2) is 0 Å². The molecule has 4 heteroatoms. The van der Waals surface area contributed by atoms with Crippen LogP contribution < -0.4 is 0 Å². The zero-order valence-electron chi connectivity index (χ0n) is 4.78. The summed E-state index contributed by atoms with van der Waals surface area (Å²) >= 11 is 0. The first-order valence-electron chi connectivity index (χ1n) is 2.75. The Hall–Kier alpha value is -0.610. The highest BCUT2D eigenvalue weighted by molar-refractivity contribution is 5.66. The molecule has 0 aromatic carbocycles. The van der Waals surface area contributed by atoms with E-state index in [4.69, 9.17) is 10.2 Å². The number of hydrogen-bond acceptors (Lipinski definition) is 3. The van der Waals surface area contributed by atoms with Gasteiger partial charge in [0, 0.05) is 6.42 Å². The summed E-state index contributed by atoms with van der Waals surface area (Å²) in [5.74, 6) is -0.849. The van der Waals surface area contributed by atoms with Gasteiger partial charge >= 0.3 is 5.97 Å². The lowest BCUT2D eigenvalue weighted by Crippen LogP contribution is -1.99. The number of epoxide rings is 1. The zero-order chi connectivity index (χ0) is 6.85. The summed E-state index contributed by atoms with van der Waals surface area (Å²) in [7, 11) is 0. The minimum Gasteiger partial charge on any atom is -0.481 e. The first-order chi connectivity index (χ1) is 4.20. The highest BCUT2D eigenvalue weighted by Crippen LogP contribution is 2.23. The van der Waals surface area contributed by atoms with E-state index in [1.165, 1.54) is 0 Å². The van der Waals surface area contributed by atoms with Gasteiger partial charge in [0.1, 0.15) is 6.10 Å². The maximum absolute atomic E-state index is 9.90. The maximum Gasteiger partial charge on any atom is 0.303 e. The Morgan fingerprint density at radius 1 is 1.67 bits per heavy atom. The number of carbonyl (C=O) groups is 1. The molecule has 1 rings (SSSR count). The summed E-state index contributed by atoms with van der Waals surface area (Å²) < 4.78 is 4.56. The van der Waals surface area contributed by atoms with Gasteiger partial charge in [-0.05, 0) is 6.42 Å². The third-order valence-corrected chi connectivity index (χ3v) is 1.20. The number of hydrogen-bond donors (Lipinski definition) is 2. The van der Waals surface area contributed by atoms with Crippen LogP contribution in [0, 0.1) is 0 Å². The molecule has 1 heterocycles. The van der Waals surface area contributed by atoms with E-state index in [-0.39, 0.29) is 12.5 Å². The van der Waals surface area contributed by atoms with Gasteiger partial charge in [-0.2, -0.15) is 0 Å². The Labute approximate surface area is 52.1 Å². The van der Waals surface area contributed by atoms with Crippen LogP contribution in [0.25, 0.3) is 0 Å². The standard InChI is InChI=1S/C5H8O4/c6-4(7)2-1-3-5(8)9-3/h3,5,8H,1-2H2,(H,6,7). The van der Waals surface area contributed by atoms with E-state index in [0.29, 0.717) is 6.42 Å². The Morgan fingerprint density at radius 2 is 2.22 bits per heavy atom. The van der Waals surface area contributed by atoms with Gasteiger partial charge < -0.3 is 14.9 Å². The van der Waals surface area contributed by atoms with Crippen LogP contribution in [-0.2, 0) is 9.53 Å². The SMILES string of the molecule is O=C(O)CCC1OC1O. The molecule has 0 spiro atoms. The van der Waals surface area contributed by atoms with Crippen molar-refractivity contribution in [3.63, 3.8) is 0 Å². The number of aliphatic hydroxyl groups excluding tert-OH is 1. The maximum atomic E-state index is 9.90. The Bertz CT molecular complexity index is 122. The fourth-order valence-corrected chi connectivity index (χ4v) is 0.610. The number of aliphatic hydroxyl groups is 1. The Morgan fingerprint density at radius 3 is 2.56 bits per heavy atom. The number of carboxylic acids is 1. The number of aliphatic carboxylic acids is 1. The third kappa shape index (κ3) is 1.99. The summed E-state index contributed by atoms with van der Waals surface area (Å²) in [6, 6.07) is 0. The lowest BCUT2D eigenvalue weighted by atomic mass is 10.2. The van der Waals surface area contributed by atoms with Gasteiger partial charge in [-0.15, -0.1) is 0 Å². The summed E-state index contributed by atoms with van der Waals surface area (Å²) in [5, 5.41) is 16.7. The quantitative estimate of drug-likeness (QED) is 0.511. The normalized spacial score (nSPS) is 32.1. The molecule has 1 saturated heterocycles. The molecular formula is C5H8O4. The highest BCUT2D eigenvalue weighted by Gasteiger charge is 2.36. The lowest BCUT2D eigenvalue weighted by molar-refractivity contribution is -0.137. The van der Waals surface area contributed by atoms with Gasteiger partial charge in [0.2, 0.25) is 0 Å². The van der Waals surface area contributed by atoms with E-state index < -0.39 is 12.3 Å². The van der Waals surface area contributed by atoms with Crippen molar-refractivity contribution in [2.45, 2.75) is 25.2 Å². The third-order valence-electron chi connectivity index (χ3n) is 1.20. The second-order valence-corrected chi connectivity index (χ2v) is 2.00. The van der Waals surface area contributed by atoms with Crippen molar-refractivity contribution < 1.29 is 19.7 Å². The molecule has 1 aliphatic heterocycles. The topological polar surface area (TPSA) is 70.1 Å². The zero-order valence-corrected chi connectivity index (χ0v) is 4.78. The largest absolute Gasteiger partial charge is 0.481 e. The monoisotopic (exact) mass is 132 g/mol. The second-order valence-electron chi connectivity index (χ2n) is 2.00. The highest BCUT2D eigenvalue weighted by atomic mass is 16.7. The predicted octanol–water partition coefficient (Wildman–Crippen LogP) is -0.432. The second kappa shape index (κ2) is 2.33. The minimum absolute atomic E-state index is 0.0712. The molecule has 2 atom stereocenters. The van der Waals surface area contributed by atoms with Crippen molar-refractivity contribution in [3.05, 3.63) is 0 Å². The number of ether oxygens (including phenoxy) is 1. The molecule has 2 N–H and O–H groups in total. The first kappa shape index (κ1) is 6.51. The van der Waals surface area contributed by atoms with E-state index in [0.717, 1.165) is 0 Å². The van der Waals surface area contributed by atoms with Crippen LogP contribution in [0.5, 0.6) is 0 Å². The smallest absolute Gasteiger partial charge is 0.303 e. The van der Waals surface area contributed by atoms with Crippen molar-refractivity contribution in [1.82, 2.24) is 0 Å². The average molecular weight is 132 g/mol. The molecule has 0 amide bonds. The minimum atomic E-state index is -0.849. The molecule has 2 unspecified atom stereocenters. The molecule has 0 aromatic heterocycles. The van der Waals surface area contributed by atoms with Crippen LogP contribution in [0.2, 0.25) is 0 Å². The fraction of sp³-hybridized carbons (Fsp3) is 0.800. The molecule has 9 heavy (non-hydrogen) atoms. The van der Waals surface area contributed by atoms with Gasteiger partial charge in [0.25, 0.3) is 0 Å². The summed E-state index contributed by atoms with van der Waals surface area (Å²) in [5.41, 5.74) is 0. The molecule has 52 valence electrons. The van der Waals surface area contributed by atoms with Gasteiger partial charge in [0.15, 0.2) is 6.29 Å². The van der Waals surface area contributed by atoms with E-state index in [1.54, 1.807) is 0 Å². The number of rotatable bonds is 3. The molecule has 1 fully saturated rings. The van der Waals surface area contributed by atoms with E-state index >= 15 is 0 Å². The van der Waals surface area contributed by atoms with Gasteiger partial charge in [-0.25, -0.2) is 0 Å². The van der Waals surface area contributed by atoms with E-state index in [1.807, 2.05) is 0 Å². The van der Waals surface area contributed by atoms with Crippen molar-refractivity contribution >= 4 is 5.97 Å². The molecule has 1 aliphatic rings. The molecule has 0 radical (unpaired) electrons. The predicted molar refractivity (Wildman–Crippen MR) is 27.7 cm³/mol. The summed E-state index contributed by atoms with van der Waals surface area (Å²) in [6.07, 6.45) is -0.441. The number of carboxylic acid groups (broad SMARTS) is 1. The molecule has 0 aromatic rings. The van der Waals surface area contributed by atoms with Gasteiger partial charge in [-0.3, -0.25) is 4.79 Å². The van der Waals surface area contributed by atoms with Crippen LogP contribution in [0.3, 0.4) is 0 Å². The molecule has 0 aliphatic carbocycles. The Balaban J connectivity index is 2.00. The Kier molecular flexibility index (Phi) is 1.68. The lowest BCUT2D eigenvalue weighted by Gasteiger charge is -1.86. The molecular weight excluding hydrogens is 124 g/mol. The van der Waals surface area contributed by atoms with Gasteiger partial charge in [-0.1, -0.05) is 0 Å². The van der Waals surface area contributed by atoms with Crippen molar-refractivity contribution in [1.29, 1.82) is 0 Å². The van der Waals surface area contributed by atoms with Crippen molar-refractivity contribution in [2.75, 3.05) is 0 Å². The van der Waals surface area contributed by atoms with Crippen LogP contribution in [0.4, 0.5) is 0 Å². The summed E-state index contributed by atoms with van der Waals surface area (Å²) in [6.45, 7) is 0. The molecule has 0 saturated carbocycles. The van der Waals surface area contributed by atoms with E-state index in [9.17, 15) is 4.79 Å².